The number of hydrogen-bond donors (Lipinski definition) is 3. The van der Waals surface area contributed by atoms with Crippen molar-refractivity contribution in [3.8, 4) is 28.0 Å². The lowest BCUT2D eigenvalue weighted by Crippen LogP contribution is -2.21. The number of benzene rings is 4. The molecule has 43 heavy (non-hydrogen) atoms. The fourth-order valence-corrected chi connectivity index (χ4v) is 5.03. The first-order valence-corrected chi connectivity index (χ1v) is 13.9. The fourth-order valence-electron chi connectivity index (χ4n) is 4.35. The molecule has 7 nitrogen and oxygen atoms in total. The first kappa shape index (κ1) is 31.5. The van der Waals surface area contributed by atoms with E-state index in [1.165, 1.54) is 37.4 Å². The number of rotatable bonds is 10. The summed E-state index contributed by atoms with van der Waals surface area (Å²) in [5.41, 5.74) is 0.371. The first-order valence-electron chi connectivity index (χ1n) is 12.4. The largest absolute Gasteiger partial charge is 0.495 e. The molecule has 4 rings (SSSR count). The highest BCUT2D eigenvalue weighted by molar-refractivity contribution is 7.89. The van der Waals surface area contributed by atoms with Crippen molar-refractivity contribution in [2.75, 3.05) is 19.0 Å². The Hall–Kier alpha value is -4.40. The van der Waals surface area contributed by atoms with Crippen LogP contribution in [0.15, 0.2) is 71.6 Å². The second-order valence-corrected chi connectivity index (χ2v) is 10.7. The molecule has 4 aromatic rings. The van der Waals surface area contributed by atoms with Crippen LogP contribution in [-0.2, 0) is 16.6 Å². The fraction of sp³-hybridized carbons (Fsp3) is 0.138. The van der Waals surface area contributed by atoms with Crippen molar-refractivity contribution in [3.63, 3.8) is 0 Å². The summed E-state index contributed by atoms with van der Waals surface area (Å²) in [6.45, 7) is -0.877. The summed E-state index contributed by atoms with van der Waals surface area (Å²) in [6.07, 6.45) is -2.70. The van der Waals surface area contributed by atoms with Crippen molar-refractivity contribution in [3.05, 3.63) is 101 Å². The second kappa shape index (κ2) is 12.9. The quantitative estimate of drug-likeness (QED) is 0.152. The molecule has 0 heterocycles. The van der Waals surface area contributed by atoms with Gasteiger partial charge < -0.3 is 15.4 Å². The number of amides is 1. The Balaban J connectivity index is 1.76. The van der Waals surface area contributed by atoms with Crippen molar-refractivity contribution in [1.82, 2.24) is 5.32 Å². The van der Waals surface area contributed by atoms with Crippen LogP contribution in [0.5, 0.6) is 5.75 Å². The van der Waals surface area contributed by atoms with Gasteiger partial charge in [0, 0.05) is 23.4 Å². The molecule has 0 fully saturated rings. The monoisotopic (exact) mass is 623 g/mol. The third kappa shape index (κ3) is 7.16. The van der Waals surface area contributed by atoms with Gasteiger partial charge in [-0.05, 0) is 76.9 Å². The summed E-state index contributed by atoms with van der Waals surface area (Å²) in [5, 5.41) is 10.3. The summed E-state index contributed by atoms with van der Waals surface area (Å²) in [7, 11) is -2.94. The Morgan fingerprint density at radius 3 is 2.23 bits per heavy atom. The first-order chi connectivity index (χ1) is 20.3. The molecular formula is C29H23F6N3O4S. The van der Waals surface area contributed by atoms with E-state index >= 15 is 0 Å². The maximum Gasteiger partial charge on any atom is 0.255 e. The SMILES string of the molecule is COc1cc(C(=O)Nc2ccc(-c3ccc(F)cc3-c3ccc(F)c(F)c3F)c(CNCC(F)F)c2)ccc1S(N)(=O)=O. The summed E-state index contributed by atoms with van der Waals surface area (Å²) >= 11 is 0. The molecule has 226 valence electrons. The molecule has 14 heteroatoms. The van der Waals surface area contributed by atoms with Gasteiger partial charge in [0.05, 0.1) is 13.7 Å². The molecule has 0 spiro atoms. The smallest absolute Gasteiger partial charge is 0.255 e. The van der Waals surface area contributed by atoms with Gasteiger partial charge in [-0.25, -0.2) is 39.9 Å². The van der Waals surface area contributed by atoms with E-state index in [0.717, 1.165) is 30.3 Å². The number of halogens is 6. The van der Waals surface area contributed by atoms with E-state index in [0.29, 0.717) is 11.6 Å². The zero-order valence-electron chi connectivity index (χ0n) is 22.2. The van der Waals surface area contributed by atoms with Crippen molar-refractivity contribution >= 4 is 21.6 Å². The van der Waals surface area contributed by atoms with E-state index in [1.807, 2.05) is 0 Å². The second-order valence-electron chi connectivity index (χ2n) is 9.17. The average molecular weight is 624 g/mol. The molecule has 0 aromatic heterocycles. The Kier molecular flexibility index (Phi) is 9.43. The molecular weight excluding hydrogens is 600 g/mol. The van der Waals surface area contributed by atoms with Gasteiger partial charge in [-0.1, -0.05) is 12.1 Å². The summed E-state index contributed by atoms with van der Waals surface area (Å²) in [4.78, 5) is 12.6. The Bertz CT molecular complexity index is 1800. The number of carbonyl (C=O) groups is 1. The predicted molar refractivity (Wildman–Crippen MR) is 147 cm³/mol. The van der Waals surface area contributed by atoms with E-state index in [9.17, 15) is 39.6 Å². The van der Waals surface area contributed by atoms with Crippen LogP contribution in [0.3, 0.4) is 0 Å². The number of ether oxygens (including phenoxy) is 1. The van der Waals surface area contributed by atoms with Gasteiger partial charge in [-0.3, -0.25) is 4.79 Å². The molecule has 0 radical (unpaired) electrons. The molecule has 0 saturated heterocycles. The van der Waals surface area contributed by atoms with Gasteiger partial charge in [-0.2, -0.15) is 0 Å². The number of alkyl halides is 2. The molecule has 0 saturated carbocycles. The minimum Gasteiger partial charge on any atom is -0.495 e. The molecule has 0 atom stereocenters. The molecule has 0 aliphatic rings. The van der Waals surface area contributed by atoms with Crippen LogP contribution in [0, 0.1) is 23.3 Å². The molecule has 0 aliphatic carbocycles. The Morgan fingerprint density at radius 2 is 1.56 bits per heavy atom. The number of primary sulfonamides is 1. The number of nitrogens with one attached hydrogen (secondary N) is 2. The molecule has 0 aliphatic heterocycles. The third-order valence-electron chi connectivity index (χ3n) is 6.31. The van der Waals surface area contributed by atoms with Crippen LogP contribution in [-0.4, -0.2) is 34.4 Å². The van der Waals surface area contributed by atoms with Crippen LogP contribution in [0.4, 0.5) is 32.0 Å². The average Bonchev–Trinajstić information content (AvgIpc) is 2.95. The van der Waals surface area contributed by atoms with Crippen molar-refractivity contribution < 1.29 is 44.3 Å². The third-order valence-corrected chi connectivity index (χ3v) is 7.26. The van der Waals surface area contributed by atoms with Gasteiger partial charge >= 0.3 is 0 Å². The zero-order valence-corrected chi connectivity index (χ0v) is 23.0. The van der Waals surface area contributed by atoms with Gasteiger partial charge in [0.2, 0.25) is 10.0 Å². The van der Waals surface area contributed by atoms with Crippen LogP contribution in [0.2, 0.25) is 0 Å². The molecule has 0 unspecified atom stereocenters. The van der Waals surface area contributed by atoms with Gasteiger partial charge in [0.25, 0.3) is 12.3 Å². The normalized spacial score (nSPS) is 11.6. The lowest BCUT2D eigenvalue weighted by molar-refractivity contribution is 0.102. The summed E-state index contributed by atoms with van der Waals surface area (Å²) < 4.78 is 111. The molecule has 4 N–H and O–H groups in total. The van der Waals surface area contributed by atoms with Crippen molar-refractivity contribution in [2.24, 2.45) is 5.14 Å². The van der Waals surface area contributed by atoms with Gasteiger partial charge in [0.15, 0.2) is 17.5 Å². The zero-order chi connectivity index (χ0) is 31.5. The van der Waals surface area contributed by atoms with Gasteiger partial charge in [-0.15, -0.1) is 0 Å². The van der Waals surface area contributed by atoms with E-state index in [2.05, 4.69) is 10.6 Å². The number of hydrogen-bond acceptors (Lipinski definition) is 5. The minimum atomic E-state index is -4.14. The van der Waals surface area contributed by atoms with Crippen LogP contribution < -0.4 is 20.5 Å². The standard InChI is InChI=1S/C29H23F6N3O4S/c1-42-24-11-15(2-9-25(24)43(36,40)41)29(39)38-18-4-6-19(16(10-18)13-37-14-26(32)33)20-5-3-17(30)12-22(20)21-7-8-23(31)28(35)27(21)34/h2-12,26,37H,13-14H2,1H3,(H,38,39)(H2,36,40,41). The maximum atomic E-state index is 14.8. The lowest BCUT2D eigenvalue weighted by atomic mass is 9.91. The molecule has 0 bridgehead atoms. The Morgan fingerprint density at radius 1 is 0.860 bits per heavy atom. The van der Waals surface area contributed by atoms with E-state index < -0.39 is 57.7 Å². The highest BCUT2D eigenvalue weighted by atomic mass is 32.2. The number of sulfonamides is 1. The molecule has 4 aromatic carbocycles. The van der Waals surface area contributed by atoms with Crippen LogP contribution >= 0.6 is 0 Å². The predicted octanol–water partition coefficient (Wildman–Crippen LogP) is 5.84. The molecule has 1 amide bonds. The van der Waals surface area contributed by atoms with Crippen LogP contribution in [0.25, 0.3) is 22.3 Å². The van der Waals surface area contributed by atoms with Crippen LogP contribution in [0.1, 0.15) is 15.9 Å². The minimum absolute atomic E-state index is 0.000310. The maximum absolute atomic E-state index is 14.8. The summed E-state index contributed by atoms with van der Waals surface area (Å²) in [5.74, 6) is -6.39. The number of nitrogens with two attached hydrogens (primary N) is 1. The number of carbonyl (C=O) groups excluding carboxylic acids is 1. The highest BCUT2D eigenvalue weighted by Gasteiger charge is 2.21. The number of methoxy groups -OCH3 is 1. The van der Waals surface area contributed by atoms with Crippen molar-refractivity contribution in [1.29, 1.82) is 0 Å². The van der Waals surface area contributed by atoms with E-state index in [4.69, 9.17) is 9.88 Å². The number of anilines is 1. The van der Waals surface area contributed by atoms with Gasteiger partial charge in [0.1, 0.15) is 16.5 Å². The van der Waals surface area contributed by atoms with Crippen molar-refractivity contribution in [2.45, 2.75) is 17.9 Å². The topological polar surface area (TPSA) is 111 Å². The van der Waals surface area contributed by atoms with E-state index in [1.54, 1.807) is 0 Å². The Labute approximate surface area is 242 Å². The highest BCUT2D eigenvalue weighted by Crippen LogP contribution is 2.38. The van der Waals surface area contributed by atoms with E-state index in [-0.39, 0.29) is 45.1 Å². The lowest BCUT2D eigenvalue weighted by Gasteiger charge is -2.17. The summed E-state index contributed by atoms with van der Waals surface area (Å²) in [6, 6.07) is 12.7.